The number of anilines is 2. The predicted octanol–water partition coefficient (Wildman–Crippen LogP) is 3.85. The number of benzene rings is 2. The Labute approximate surface area is 170 Å². The molecular formula is C23H24N4O2. The highest BCUT2D eigenvalue weighted by molar-refractivity contribution is 6.04. The van der Waals surface area contributed by atoms with Gasteiger partial charge in [-0.2, -0.15) is 0 Å². The summed E-state index contributed by atoms with van der Waals surface area (Å²) in [6, 6.07) is 15.5. The third-order valence-corrected chi connectivity index (χ3v) is 4.91. The van der Waals surface area contributed by atoms with E-state index >= 15 is 0 Å². The maximum atomic E-state index is 12.6. The van der Waals surface area contributed by atoms with Crippen LogP contribution in [0.2, 0.25) is 0 Å². The van der Waals surface area contributed by atoms with Crippen LogP contribution in [0.1, 0.15) is 21.5 Å². The van der Waals surface area contributed by atoms with Crippen molar-refractivity contribution in [1.82, 2.24) is 9.97 Å². The Bertz CT molecular complexity index is 991. The zero-order valence-electron chi connectivity index (χ0n) is 16.7. The van der Waals surface area contributed by atoms with Gasteiger partial charge in [0.15, 0.2) is 0 Å². The number of aryl methyl sites for hydroxylation is 2. The van der Waals surface area contributed by atoms with Gasteiger partial charge in [-0.3, -0.25) is 4.79 Å². The van der Waals surface area contributed by atoms with Crippen LogP contribution in [0.3, 0.4) is 0 Å². The number of carbonyl (C=O) groups excluding carboxylic acids is 1. The van der Waals surface area contributed by atoms with Crippen molar-refractivity contribution in [1.29, 1.82) is 0 Å². The van der Waals surface area contributed by atoms with Crippen LogP contribution in [-0.4, -0.2) is 42.2 Å². The summed E-state index contributed by atoms with van der Waals surface area (Å²) in [5.74, 6) is 0.771. The molecule has 6 nitrogen and oxygen atoms in total. The largest absolute Gasteiger partial charge is 0.378 e. The Morgan fingerprint density at radius 3 is 2.34 bits per heavy atom. The van der Waals surface area contributed by atoms with Crippen molar-refractivity contribution in [3.05, 3.63) is 71.5 Å². The average molecular weight is 388 g/mol. The van der Waals surface area contributed by atoms with E-state index in [1.54, 1.807) is 6.33 Å². The summed E-state index contributed by atoms with van der Waals surface area (Å²) in [7, 11) is 0. The Balaban J connectivity index is 1.49. The second kappa shape index (κ2) is 8.41. The van der Waals surface area contributed by atoms with Gasteiger partial charge < -0.3 is 15.0 Å². The fourth-order valence-corrected chi connectivity index (χ4v) is 3.51. The molecule has 148 valence electrons. The molecule has 0 saturated carbocycles. The lowest BCUT2D eigenvalue weighted by Gasteiger charge is -2.27. The molecule has 0 aliphatic carbocycles. The van der Waals surface area contributed by atoms with E-state index in [-0.39, 0.29) is 5.91 Å². The molecule has 2 aromatic carbocycles. The Hall–Kier alpha value is -3.25. The van der Waals surface area contributed by atoms with Crippen LogP contribution < -0.4 is 10.2 Å². The summed E-state index contributed by atoms with van der Waals surface area (Å²) in [5, 5.41) is 2.97. The molecule has 1 aliphatic rings. The van der Waals surface area contributed by atoms with Gasteiger partial charge >= 0.3 is 0 Å². The van der Waals surface area contributed by atoms with Crippen LogP contribution in [-0.2, 0) is 4.74 Å². The van der Waals surface area contributed by atoms with E-state index in [0.717, 1.165) is 47.0 Å². The lowest BCUT2D eigenvalue weighted by molar-refractivity contribution is 0.102. The number of hydrogen-bond donors (Lipinski definition) is 1. The zero-order chi connectivity index (χ0) is 20.2. The molecule has 6 heteroatoms. The number of nitrogens with zero attached hydrogens (tertiary/aromatic N) is 3. The first-order chi connectivity index (χ1) is 14.1. The van der Waals surface area contributed by atoms with Gasteiger partial charge in [-0.1, -0.05) is 18.2 Å². The molecule has 1 saturated heterocycles. The number of nitrogens with one attached hydrogen (secondary N) is 1. The van der Waals surface area contributed by atoms with Crippen molar-refractivity contribution in [3.63, 3.8) is 0 Å². The molecule has 0 bridgehead atoms. The Morgan fingerprint density at radius 2 is 1.66 bits per heavy atom. The van der Waals surface area contributed by atoms with Crippen LogP contribution in [0, 0.1) is 13.8 Å². The Kier molecular flexibility index (Phi) is 5.53. The molecule has 1 amide bonds. The van der Waals surface area contributed by atoms with Gasteiger partial charge in [-0.05, 0) is 49.2 Å². The maximum absolute atomic E-state index is 12.6. The standard InChI is InChI=1S/C23H24N4O2/c1-16-11-17(2)13-20(12-16)26-23(28)19-5-3-18(4-6-19)21-14-22(25-15-24-21)27-7-9-29-10-8-27/h3-6,11-15H,7-10H2,1-2H3,(H,26,28). The highest BCUT2D eigenvalue weighted by Gasteiger charge is 2.14. The van der Waals surface area contributed by atoms with Gasteiger partial charge in [0.1, 0.15) is 12.1 Å². The fourth-order valence-electron chi connectivity index (χ4n) is 3.51. The fraction of sp³-hybridized carbons (Fsp3) is 0.261. The minimum atomic E-state index is -0.127. The number of aromatic nitrogens is 2. The average Bonchev–Trinajstić information content (AvgIpc) is 2.74. The monoisotopic (exact) mass is 388 g/mol. The summed E-state index contributed by atoms with van der Waals surface area (Å²) in [6.45, 7) is 7.11. The Morgan fingerprint density at radius 1 is 0.966 bits per heavy atom. The molecule has 1 fully saturated rings. The van der Waals surface area contributed by atoms with E-state index in [4.69, 9.17) is 4.74 Å². The number of carbonyl (C=O) groups is 1. The quantitative estimate of drug-likeness (QED) is 0.735. The third kappa shape index (κ3) is 4.60. The summed E-state index contributed by atoms with van der Waals surface area (Å²) < 4.78 is 5.40. The van der Waals surface area contributed by atoms with E-state index in [1.807, 2.05) is 56.3 Å². The molecule has 4 rings (SSSR count). The van der Waals surface area contributed by atoms with E-state index in [0.29, 0.717) is 18.8 Å². The first-order valence-corrected chi connectivity index (χ1v) is 9.73. The molecular weight excluding hydrogens is 364 g/mol. The molecule has 1 aromatic heterocycles. The van der Waals surface area contributed by atoms with Crippen LogP contribution >= 0.6 is 0 Å². The molecule has 0 atom stereocenters. The van der Waals surface area contributed by atoms with Gasteiger partial charge in [-0.25, -0.2) is 9.97 Å². The summed E-state index contributed by atoms with van der Waals surface area (Å²) in [4.78, 5) is 23.6. The van der Waals surface area contributed by atoms with Crippen molar-refractivity contribution in [2.45, 2.75) is 13.8 Å². The zero-order valence-corrected chi connectivity index (χ0v) is 16.7. The number of hydrogen-bond acceptors (Lipinski definition) is 5. The normalized spacial score (nSPS) is 13.9. The second-order valence-electron chi connectivity index (χ2n) is 7.27. The summed E-state index contributed by atoms with van der Waals surface area (Å²) in [6.07, 6.45) is 1.58. The van der Waals surface area contributed by atoms with Crippen LogP contribution in [0.4, 0.5) is 11.5 Å². The molecule has 0 radical (unpaired) electrons. The van der Waals surface area contributed by atoms with Crippen molar-refractivity contribution in [3.8, 4) is 11.3 Å². The maximum Gasteiger partial charge on any atom is 0.255 e. The number of rotatable bonds is 4. The molecule has 1 N–H and O–H groups in total. The number of amides is 1. The van der Waals surface area contributed by atoms with Crippen molar-refractivity contribution in [2.75, 3.05) is 36.5 Å². The van der Waals surface area contributed by atoms with E-state index in [2.05, 4.69) is 26.3 Å². The molecule has 3 aromatic rings. The minimum Gasteiger partial charge on any atom is -0.378 e. The second-order valence-corrected chi connectivity index (χ2v) is 7.27. The van der Waals surface area contributed by atoms with Gasteiger partial charge in [0.25, 0.3) is 5.91 Å². The summed E-state index contributed by atoms with van der Waals surface area (Å²) in [5.41, 5.74) is 5.44. The van der Waals surface area contributed by atoms with Gasteiger partial charge in [0, 0.05) is 36.0 Å². The highest BCUT2D eigenvalue weighted by Crippen LogP contribution is 2.22. The van der Waals surface area contributed by atoms with E-state index < -0.39 is 0 Å². The lowest BCUT2D eigenvalue weighted by atomic mass is 10.1. The summed E-state index contributed by atoms with van der Waals surface area (Å²) >= 11 is 0. The topological polar surface area (TPSA) is 67.4 Å². The van der Waals surface area contributed by atoms with Gasteiger partial charge in [0.2, 0.25) is 0 Å². The van der Waals surface area contributed by atoms with E-state index in [9.17, 15) is 4.79 Å². The predicted molar refractivity (Wildman–Crippen MR) is 114 cm³/mol. The first kappa shape index (κ1) is 19.1. The third-order valence-electron chi connectivity index (χ3n) is 4.91. The number of morpholine rings is 1. The number of ether oxygens (including phenoxy) is 1. The van der Waals surface area contributed by atoms with E-state index in [1.165, 1.54) is 0 Å². The van der Waals surface area contributed by atoms with Crippen molar-refractivity contribution < 1.29 is 9.53 Å². The minimum absolute atomic E-state index is 0.127. The van der Waals surface area contributed by atoms with Gasteiger partial charge in [0.05, 0.1) is 18.9 Å². The molecule has 29 heavy (non-hydrogen) atoms. The first-order valence-electron chi connectivity index (χ1n) is 9.73. The molecule has 1 aliphatic heterocycles. The van der Waals surface area contributed by atoms with Crippen molar-refractivity contribution in [2.24, 2.45) is 0 Å². The highest BCUT2D eigenvalue weighted by atomic mass is 16.5. The van der Waals surface area contributed by atoms with Crippen LogP contribution in [0.15, 0.2) is 54.9 Å². The smallest absolute Gasteiger partial charge is 0.255 e. The lowest BCUT2D eigenvalue weighted by Crippen LogP contribution is -2.36. The van der Waals surface area contributed by atoms with Gasteiger partial charge in [-0.15, -0.1) is 0 Å². The van der Waals surface area contributed by atoms with Crippen LogP contribution in [0.25, 0.3) is 11.3 Å². The molecule has 0 spiro atoms. The molecule has 0 unspecified atom stereocenters. The van der Waals surface area contributed by atoms with Crippen molar-refractivity contribution >= 4 is 17.4 Å². The SMILES string of the molecule is Cc1cc(C)cc(NC(=O)c2ccc(-c3cc(N4CCOCC4)ncn3)cc2)c1. The van der Waals surface area contributed by atoms with Crippen LogP contribution in [0.5, 0.6) is 0 Å². The molecule has 2 heterocycles.